The molecule has 0 aliphatic heterocycles. The number of hydrogen-bond donors (Lipinski definition) is 1. The van der Waals surface area contributed by atoms with Crippen molar-refractivity contribution in [2.45, 2.75) is 33.3 Å². The van der Waals surface area contributed by atoms with E-state index in [9.17, 15) is 9.18 Å². The summed E-state index contributed by atoms with van der Waals surface area (Å²) in [5.41, 5.74) is 2.23. The fourth-order valence-electron chi connectivity index (χ4n) is 2.13. The maximum atomic E-state index is 13.8. The van der Waals surface area contributed by atoms with Gasteiger partial charge >= 0.3 is 0 Å². The van der Waals surface area contributed by atoms with Crippen molar-refractivity contribution in [3.63, 3.8) is 0 Å². The second kappa shape index (κ2) is 7.59. The Hall–Kier alpha value is -1.88. The summed E-state index contributed by atoms with van der Waals surface area (Å²) in [4.78, 5) is 12.4. The van der Waals surface area contributed by atoms with E-state index >= 15 is 0 Å². The van der Waals surface area contributed by atoms with E-state index in [2.05, 4.69) is 21.2 Å². The van der Waals surface area contributed by atoms with Crippen LogP contribution in [0, 0.1) is 19.7 Å². The lowest BCUT2D eigenvalue weighted by molar-refractivity contribution is -0.122. The molecule has 1 N–H and O–H groups in total. The lowest BCUT2D eigenvalue weighted by Gasteiger charge is -2.19. The van der Waals surface area contributed by atoms with Crippen molar-refractivity contribution < 1.29 is 13.9 Å². The summed E-state index contributed by atoms with van der Waals surface area (Å²) >= 11 is 3.19. The molecule has 1 amide bonds. The molecule has 0 unspecified atom stereocenters. The largest absolute Gasteiger partial charge is 0.480 e. The first-order chi connectivity index (χ1) is 10.9. The molecule has 5 heteroatoms. The maximum absolute atomic E-state index is 13.8. The van der Waals surface area contributed by atoms with Crippen LogP contribution in [-0.2, 0) is 4.79 Å². The molecule has 0 fully saturated rings. The molecular formula is C18H19BrFNO2. The number of benzene rings is 2. The zero-order valence-corrected chi connectivity index (χ0v) is 14.9. The van der Waals surface area contributed by atoms with Gasteiger partial charge in [0.25, 0.3) is 5.91 Å². The van der Waals surface area contributed by atoms with Crippen LogP contribution in [0.15, 0.2) is 40.9 Å². The second-order valence-electron chi connectivity index (χ2n) is 5.33. The molecule has 2 aromatic carbocycles. The number of nitrogens with one attached hydrogen (secondary N) is 1. The van der Waals surface area contributed by atoms with E-state index < -0.39 is 11.9 Å². The van der Waals surface area contributed by atoms with Crippen LogP contribution in [0.5, 0.6) is 5.75 Å². The molecule has 23 heavy (non-hydrogen) atoms. The SMILES string of the molecule is CC[C@H](Oc1cccc(C)c1C)C(=O)Nc1ccc(Br)cc1F. The van der Waals surface area contributed by atoms with Crippen molar-refractivity contribution in [2.24, 2.45) is 0 Å². The summed E-state index contributed by atoms with van der Waals surface area (Å²) in [6, 6.07) is 10.2. The molecule has 122 valence electrons. The van der Waals surface area contributed by atoms with E-state index in [0.29, 0.717) is 16.6 Å². The molecular weight excluding hydrogens is 361 g/mol. The minimum atomic E-state index is -0.682. The van der Waals surface area contributed by atoms with Crippen LogP contribution in [0.4, 0.5) is 10.1 Å². The van der Waals surface area contributed by atoms with Gasteiger partial charge in [-0.3, -0.25) is 4.79 Å². The molecule has 0 aromatic heterocycles. The number of ether oxygens (including phenoxy) is 1. The first kappa shape index (κ1) is 17.5. The summed E-state index contributed by atoms with van der Waals surface area (Å²) in [6.45, 7) is 5.79. The Bertz CT molecular complexity index is 718. The third kappa shape index (κ3) is 4.32. The first-order valence-corrected chi connectivity index (χ1v) is 8.20. The highest BCUT2D eigenvalue weighted by Crippen LogP contribution is 2.24. The molecule has 0 bridgehead atoms. The number of anilines is 1. The van der Waals surface area contributed by atoms with Crippen molar-refractivity contribution in [3.8, 4) is 5.75 Å². The Morgan fingerprint density at radius 1 is 1.30 bits per heavy atom. The fourth-order valence-corrected chi connectivity index (χ4v) is 2.46. The number of carbonyl (C=O) groups excluding carboxylic acids is 1. The predicted molar refractivity (Wildman–Crippen MR) is 93.4 cm³/mol. The number of aryl methyl sites for hydroxylation is 1. The Morgan fingerprint density at radius 2 is 2.04 bits per heavy atom. The van der Waals surface area contributed by atoms with E-state index in [-0.39, 0.29) is 11.6 Å². The quantitative estimate of drug-likeness (QED) is 0.793. The smallest absolute Gasteiger partial charge is 0.265 e. The van der Waals surface area contributed by atoms with E-state index in [4.69, 9.17) is 4.74 Å². The molecule has 0 aliphatic rings. The first-order valence-electron chi connectivity index (χ1n) is 7.41. The van der Waals surface area contributed by atoms with Gasteiger partial charge in [-0.15, -0.1) is 0 Å². The average Bonchev–Trinajstić information content (AvgIpc) is 2.51. The number of halogens is 2. The van der Waals surface area contributed by atoms with Gasteiger partial charge in [-0.05, 0) is 55.7 Å². The van der Waals surface area contributed by atoms with Crippen LogP contribution in [0.25, 0.3) is 0 Å². The minimum absolute atomic E-state index is 0.140. The molecule has 0 radical (unpaired) electrons. The zero-order chi connectivity index (χ0) is 17.0. The van der Waals surface area contributed by atoms with E-state index in [1.807, 2.05) is 39.0 Å². The molecule has 0 saturated heterocycles. The Kier molecular flexibility index (Phi) is 5.77. The van der Waals surface area contributed by atoms with Crippen molar-refractivity contribution in [2.75, 3.05) is 5.32 Å². The summed E-state index contributed by atoms with van der Waals surface area (Å²) in [7, 11) is 0. The van der Waals surface area contributed by atoms with Crippen LogP contribution in [-0.4, -0.2) is 12.0 Å². The van der Waals surface area contributed by atoms with Gasteiger partial charge in [0, 0.05) is 4.47 Å². The van der Waals surface area contributed by atoms with Gasteiger partial charge in [-0.2, -0.15) is 0 Å². The second-order valence-corrected chi connectivity index (χ2v) is 6.24. The van der Waals surface area contributed by atoms with Crippen molar-refractivity contribution in [1.82, 2.24) is 0 Å². The van der Waals surface area contributed by atoms with Crippen LogP contribution < -0.4 is 10.1 Å². The average molecular weight is 380 g/mol. The van der Waals surface area contributed by atoms with E-state index in [1.54, 1.807) is 6.07 Å². The molecule has 3 nitrogen and oxygen atoms in total. The third-order valence-electron chi connectivity index (χ3n) is 3.68. The monoisotopic (exact) mass is 379 g/mol. The van der Waals surface area contributed by atoms with E-state index in [0.717, 1.165) is 11.1 Å². The fraction of sp³-hybridized carbons (Fsp3) is 0.278. The summed E-state index contributed by atoms with van der Waals surface area (Å²) in [5.74, 6) is -0.188. The topological polar surface area (TPSA) is 38.3 Å². The van der Waals surface area contributed by atoms with Gasteiger partial charge in [-0.1, -0.05) is 35.0 Å². The highest BCUT2D eigenvalue weighted by atomic mass is 79.9. The number of amides is 1. The Morgan fingerprint density at radius 3 is 2.70 bits per heavy atom. The highest BCUT2D eigenvalue weighted by Gasteiger charge is 2.20. The van der Waals surface area contributed by atoms with Gasteiger partial charge in [0.1, 0.15) is 11.6 Å². The van der Waals surface area contributed by atoms with Crippen LogP contribution >= 0.6 is 15.9 Å². The predicted octanol–water partition coefficient (Wildman–Crippen LogP) is 5.00. The molecule has 0 saturated carbocycles. The van der Waals surface area contributed by atoms with Crippen LogP contribution in [0.1, 0.15) is 24.5 Å². The number of carbonyl (C=O) groups is 1. The Balaban J connectivity index is 2.14. The third-order valence-corrected chi connectivity index (χ3v) is 4.17. The highest BCUT2D eigenvalue weighted by molar-refractivity contribution is 9.10. The van der Waals surface area contributed by atoms with Crippen LogP contribution in [0.3, 0.4) is 0 Å². The van der Waals surface area contributed by atoms with Gasteiger partial charge < -0.3 is 10.1 Å². The van der Waals surface area contributed by atoms with Crippen LogP contribution in [0.2, 0.25) is 0 Å². The molecule has 1 atom stereocenters. The molecule has 0 aliphatic carbocycles. The lowest BCUT2D eigenvalue weighted by atomic mass is 10.1. The minimum Gasteiger partial charge on any atom is -0.480 e. The van der Waals surface area contributed by atoms with Gasteiger partial charge in [0.15, 0.2) is 6.10 Å². The maximum Gasteiger partial charge on any atom is 0.265 e. The van der Waals surface area contributed by atoms with Crippen molar-refractivity contribution in [1.29, 1.82) is 0 Å². The standard InChI is InChI=1S/C18H19BrFNO2/c1-4-16(23-17-7-5-6-11(2)12(17)3)18(22)21-15-9-8-13(19)10-14(15)20/h5-10,16H,4H2,1-3H3,(H,21,22)/t16-/m0/s1. The molecule has 2 rings (SSSR count). The van der Waals surface area contributed by atoms with Gasteiger partial charge in [0.05, 0.1) is 5.69 Å². The van der Waals surface area contributed by atoms with Crippen molar-refractivity contribution >= 4 is 27.5 Å². The molecule has 0 spiro atoms. The lowest BCUT2D eigenvalue weighted by Crippen LogP contribution is -2.32. The normalized spacial score (nSPS) is 11.9. The van der Waals surface area contributed by atoms with Gasteiger partial charge in [0.2, 0.25) is 0 Å². The summed E-state index contributed by atoms with van der Waals surface area (Å²) in [5, 5.41) is 2.58. The van der Waals surface area contributed by atoms with E-state index in [1.165, 1.54) is 12.1 Å². The van der Waals surface area contributed by atoms with Gasteiger partial charge in [-0.25, -0.2) is 4.39 Å². The number of rotatable bonds is 5. The Labute approximate surface area is 144 Å². The zero-order valence-electron chi connectivity index (χ0n) is 13.3. The number of hydrogen-bond acceptors (Lipinski definition) is 2. The molecule has 2 aromatic rings. The summed E-state index contributed by atoms with van der Waals surface area (Å²) < 4.78 is 20.3. The summed E-state index contributed by atoms with van der Waals surface area (Å²) in [6.07, 6.45) is -0.198. The molecule has 0 heterocycles. The van der Waals surface area contributed by atoms with Crippen molar-refractivity contribution in [3.05, 3.63) is 57.8 Å².